The topological polar surface area (TPSA) is 50.8 Å². The van der Waals surface area contributed by atoms with E-state index in [1.807, 2.05) is 12.1 Å². The Morgan fingerprint density at radius 2 is 2.00 bits per heavy atom. The highest BCUT2D eigenvalue weighted by atomic mass is 16.5. The zero-order chi connectivity index (χ0) is 18.7. The first-order valence-electron chi connectivity index (χ1n) is 10.5. The van der Waals surface area contributed by atoms with Crippen LogP contribution in [-0.2, 0) is 11.2 Å². The highest BCUT2D eigenvalue weighted by Gasteiger charge is 2.45. The number of carbonyl (C=O) groups excluding carboxylic acids is 1. The molecule has 1 atom stereocenters. The van der Waals surface area contributed by atoms with Crippen molar-refractivity contribution in [1.29, 1.82) is 0 Å². The molecule has 0 bridgehead atoms. The van der Waals surface area contributed by atoms with Gasteiger partial charge >= 0.3 is 0 Å². The number of carbonyl (C=O) groups is 1. The van der Waals surface area contributed by atoms with E-state index < -0.39 is 0 Å². The van der Waals surface area contributed by atoms with Crippen molar-refractivity contribution in [2.75, 3.05) is 33.4 Å². The van der Waals surface area contributed by atoms with E-state index >= 15 is 0 Å². The van der Waals surface area contributed by atoms with Crippen LogP contribution in [-0.4, -0.2) is 49.7 Å². The minimum Gasteiger partial charge on any atom is -0.493 e. The Bertz CT molecular complexity index is 664. The second-order valence-corrected chi connectivity index (χ2v) is 8.33. The molecule has 2 heterocycles. The van der Waals surface area contributed by atoms with Gasteiger partial charge in [0.25, 0.3) is 0 Å². The number of hydrogen-bond acceptors (Lipinski definition) is 4. The lowest BCUT2D eigenvalue weighted by molar-refractivity contribution is -0.135. The molecular weight excluding hydrogens is 340 g/mol. The number of fused-ring (bicyclic) bond motifs is 1. The van der Waals surface area contributed by atoms with E-state index in [1.165, 1.54) is 37.7 Å². The fourth-order valence-electron chi connectivity index (χ4n) is 5.12. The van der Waals surface area contributed by atoms with Gasteiger partial charge < -0.3 is 14.8 Å². The molecule has 0 aromatic heterocycles. The Morgan fingerprint density at radius 1 is 1.22 bits per heavy atom. The van der Waals surface area contributed by atoms with Crippen molar-refractivity contribution >= 4 is 5.91 Å². The van der Waals surface area contributed by atoms with Crippen molar-refractivity contribution in [2.24, 2.45) is 5.92 Å². The molecule has 0 spiro atoms. The monoisotopic (exact) mass is 372 g/mol. The molecule has 5 heteroatoms. The molecule has 2 aliphatic heterocycles. The van der Waals surface area contributed by atoms with Crippen molar-refractivity contribution in [2.45, 2.75) is 56.9 Å². The Morgan fingerprint density at radius 3 is 2.74 bits per heavy atom. The molecule has 1 saturated heterocycles. The Hall–Kier alpha value is -1.75. The predicted octanol–water partition coefficient (Wildman–Crippen LogP) is 3.16. The number of para-hydroxylation sites is 1. The Kier molecular flexibility index (Phi) is 5.58. The lowest BCUT2D eigenvalue weighted by atomic mass is 9.79. The molecule has 1 aromatic rings. The van der Waals surface area contributed by atoms with E-state index in [0.717, 1.165) is 43.9 Å². The predicted molar refractivity (Wildman–Crippen MR) is 105 cm³/mol. The van der Waals surface area contributed by atoms with Crippen LogP contribution in [0.1, 0.15) is 50.5 Å². The van der Waals surface area contributed by atoms with Gasteiger partial charge in [-0.15, -0.1) is 0 Å². The highest BCUT2D eigenvalue weighted by Crippen LogP contribution is 2.37. The summed E-state index contributed by atoms with van der Waals surface area (Å²) in [7, 11) is 1.67. The molecule has 148 valence electrons. The summed E-state index contributed by atoms with van der Waals surface area (Å²) in [6.07, 6.45) is 9.00. The fourth-order valence-corrected chi connectivity index (χ4v) is 5.12. The van der Waals surface area contributed by atoms with Crippen molar-refractivity contribution in [3.05, 3.63) is 23.8 Å². The summed E-state index contributed by atoms with van der Waals surface area (Å²) in [5.74, 6) is 2.22. The van der Waals surface area contributed by atoms with Gasteiger partial charge in [-0.3, -0.25) is 9.69 Å². The molecule has 1 aliphatic carbocycles. The van der Waals surface area contributed by atoms with Crippen LogP contribution in [0.3, 0.4) is 0 Å². The second kappa shape index (κ2) is 8.09. The van der Waals surface area contributed by atoms with Crippen LogP contribution < -0.4 is 14.8 Å². The average molecular weight is 373 g/mol. The highest BCUT2D eigenvalue weighted by molar-refractivity contribution is 5.86. The first-order chi connectivity index (χ1) is 13.2. The summed E-state index contributed by atoms with van der Waals surface area (Å²) in [4.78, 5) is 15.8. The van der Waals surface area contributed by atoms with Gasteiger partial charge in [-0.2, -0.15) is 0 Å². The molecular formula is C22H32N2O3. The molecule has 5 nitrogen and oxygen atoms in total. The van der Waals surface area contributed by atoms with Crippen molar-refractivity contribution < 1.29 is 14.3 Å². The minimum absolute atomic E-state index is 0.250. The van der Waals surface area contributed by atoms with Crippen LogP contribution in [0.2, 0.25) is 0 Å². The maximum absolute atomic E-state index is 13.3. The van der Waals surface area contributed by atoms with E-state index in [-0.39, 0.29) is 11.4 Å². The van der Waals surface area contributed by atoms with Gasteiger partial charge in [0.05, 0.1) is 13.7 Å². The molecule has 0 radical (unpaired) electrons. The molecule has 1 aromatic carbocycles. The summed E-state index contributed by atoms with van der Waals surface area (Å²) in [6.45, 7) is 3.47. The van der Waals surface area contributed by atoms with E-state index in [2.05, 4.69) is 16.3 Å². The largest absolute Gasteiger partial charge is 0.493 e. The summed E-state index contributed by atoms with van der Waals surface area (Å²) >= 11 is 0. The van der Waals surface area contributed by atoms with E-state index in [4.69, 9.17) is 9.47 Å². The van der Waals surface area contributed by atoms with Crippen molar-refractivity contribution in [3.8, 4) is 11.5 Å². The van der Waals surface area contributed by atoms with Gasteiger partial charge in [-0.1, -0.05) is 31.4 Å². The molecule has 1 saturated carbocycles. The number of amides is 1. The van der Waals surface area contributed by atoms with Crippen LogP contribution in [0.5, 0.6) is 11.5 Å². The zero-order valence-electron chi connectivity index (χ0n) is 16.5. The third-order valence-electron chi connectivity index (χ3n) is 6.62. The summed E-state index contributed by atoms with van der Waals surface area (Å²) in [5, 5.41) is 3.31. The number of nitrogens with one attached hydrogen (secondary N) is 1. The van der Waals surface area contributed by atoms with Crippen LogP contribution in [0.15, 0.2) is 18.2 Å². The maximum atomic E-state index is 13.3. The fraction of sp³-hybridized carbons (Fsp3) is 0.682. The number of nitrogens with zero attached hydrogens (tertiary/aromatic N) is 1. The van der Waals surface area contributed by atoms with Gasteiger partial charge in [0.1, 0.15) is 5.54 Å². The van der Waals surface area contributed by atoms with Gasteiger partial charge in [0.2, 0.25) is 5.91 Å². The SMILES string of the molecule is COc1cccc2c1OC[C@@H](CNC(=O)C1(N3CCCC3)CCCCC1)C2. The van der Waals surface area contributed by atoms with Gasteiger partial charge in [0.15, 0.2) is 11.5 Å². The first kappa shape index (κ1) is 18.6. The minimum atomic E-state index is -0.259. The van der Waals surface area contributed by atoms with Crippen molar-refractivity contribution in [3.63, 3.8) is 0 Å². The smallest absolute Gasteiger partial charge is 0.240 e. The quantitative estimate of drug-likeness (QED) is 0.863. The Labute approximate surface area is 162 Å². The molecule has 4 rings (SSSR count). The number of methoxy groups -OCH3 is 1. The third-order valence-corrected chi connectivity index (χ3v) is 6.62. The zero-order valence-corrected chi connectivity index (χ0v) is 16.5. The van der Waals surface area contributed by atoms with Gasteiger partial charge in [-0.05, 0) is 56.8 Å². The van der Waals surface area contributed by atoms with Crippen LogP contribution in [0.4, 0.5) is 0 Å². The van der Waals surface area contributed by atoms with Crippen LogP contribution in [0, 0.1) is 5.92 Å². The number of ether oxygens (including phenoxy) is 2. The lowest BCUT2D eigenvalue weighted by Crippen LogP contribution is -2.59. The first-order valence-corrected chi connectivity index (χ1v) is 10.5. The number of likely N-dealkylation sites (tertiary alicyclic amines) is 1. The lowest BCUT2D eigenvalue weighted by Gasteiger charge is -2.43. The van der Waals surface area contributed by atoms with E-state index in [9.17, 15) is 4.79 Å². The maximum Gasteiger partial charge on any atom is 0.240 e. The van der Waals surface area contributed by atoms with E-state index in [1.54, 1.807) is 7.11 Å². The normalized spacial score (nSPS) is 24.7. The van der Waals surface area contributed by atoms with Crippen LogP contribution in [0.25, 0.3) is 0 Å². The number of rotatable bonds is 5. The molecule has 1 N–H and O–H groups in total. The third kappa shape index (κ3) is 3.66. The Balaban J connectivity index is 1.39. The van der Waals surface area contributed by atoms with Crippen molar-refractivity contribution in [1.82, 2.24) is 10.2 Å². The molecule has 2 fully saturated rings. The number of hydrogen-bond donors (Lipinski definition) is 1. The average Bonchev–Trinajstić information content (AvgIpc) is 3.27. The standard InChI is InChI=1S/C22H32N2O3/c1-26-19-9-7-8-18-14-17(16-27-20(18)19)15-23-21(25)22(10-3-2-4-11-22)24-12-5-6-13-24/h7-9,17H,2-6,10-16H2,1H3,(H,23,25)/t17-/m1/s1. The molecule has 0 unspecified atom stereocenters. The molecule has 3 aliphatic rings. The van der Waals surface area contributed by atoms with Gasteiger partial charge in [-0.25, -0.2) is 0 Å². The van der Waals surface area contributed by atoms with E-state index in [0.29, 0.717) is 19.1 Å². The number of benzene rings is 1. The summed E-state index contributed by atoms with van der Waals surface area (Å²) in [6, 6.07) is 6.04. The van der Waals surface area contributed by atoms with Crippen LogP contribution >= 0.6 is 0 Å². The molecule has 27 heavy (non-hydrogen) atoms. The summed E-state index contributed by atoms with van der Waals surface area (Å²) < 4.78 is 11.4. The van der Waals surface area contributed by atoms with Gasteiger partial charge in [0, 0.05) is 12.5 Å². The second-order valence-electron chi connectivity index (χ2n) is 8.33. The summed E-state index contributed by atoms with van der Waals surface area (Å²) in [5.41, 5.74) is 0.914. The molecule has 1 amide bonds.